The summed E-state index contributed by atoms with van der Waals surface area (Å²) < 4.78 is 0. The van der Waals surface area contributed by atoms with Gasteiger partial charge in [-0.1, -0.05) is 6.42 Å². The predicted octanol–water partition coefficient (Wildman–Crippen LogP) is 2.30. The lowest BCUT2D eigenvalue weighted by atomic mass is 9.91. The van der Waals surface area contributed by atoms with Gasteiger partial charge in [-0.25, -0.2) is 0 Å². The topological polar surface area (TPSA) is 52.5 Å². The summed E-state index contributed by atoms with van der Waals surface area (Å²) in [5.74, 6) is 0.442. The highest BCUT2D eigenvalue weighted by molar-refractivity contribution is 5.40. The van der Waals surface area contributed by atoms with Crippen LogP contribution in [-0.4, -0.2) is 16.3 Å². The molecule has 1 aliphatic rings. The molecule has 3 nitrogen and oxygen atoms in total. The molecule has 3 N–H and O–H groups in total. The van der Waals surface area contributed by atoms with Crippen molar-refractivity contribution in [2.24, 2.45) is 0 Å². The minimum Gasteiger partial charge on any atom is -0.508 e. The first kappa shape index (κ1) is 10.3. The maximum Gasteiger partial charge on any atom is 0.120 e. The van der Waals surface area contributed by atoms with Crippen LogP contribution in [0.1, 0.15) is 37.8 Å². The molecule has 0 heterocycles. The van der Waals surface area contributed by atoms with E-state index in [-0.39, 0.29) is 17.5 Å². The third-order valence-electron chi connectivity index (χ3n) is 3.07. The molecule has 0 saturated heterocycles. The molecule has 0 aromatic heterocycles. The molecule has 1 aliphatic carbocycles. The summed E-state index contributed by atoms with van der Waals surface area (Å²) in [5.41, 5.74) is 0.766. The summed E-state index contributed by atoms with van der Waals surface area (Å²) in [5, 5.41) is 22.4. The zero-order chi connectivity index (χ0) is 10.8. The van der Waals surface area contributed by atoms with Gasteiger partial charge in [0.1, 0.15) is 11.5 Å². The van der Waals surface area contributed by atoms with Crippen molar-refractivity contribution in [3.63, 3.8) is 0 Å². The smallest absolute Gasteiger partial charge is 0.120 e. The largest absolute Gasteiger partial charge is 0.508 e. The molecule has 1 aromatic rings. The van der Waals surface area contributed by atoms with E-state index in [1.807, 2.05) is 6.92 Å². The fourth-order valence-electron chi connectivity index (χ4n) is 1.91. The van der Waals surface area contributed by atoms with Crippen LogP contribution in [0.3, 0.4) is 0 Å². The lowest BCUT2D eigenvalue weighted by molar-refractivity contribution is 0.309. The van der Waals surface area contributed by atoms with Crippen molar-refractivity contribution < 1.29 is 10.2 Å². The second-order valence-corrected chi connectivity index (χ2v) is 4.26. The first-order chi connectivity index (χ1) is 7.16. The Morgan fingerprint density at radius 3 is 2.67 bits per heavy atom. The van der Waals surface area contributed by atoms with Crippen molar-refractivity contribution in [1.29, 1.82) is 0 Å². The number of hydrogen-bond acceptors (Lipinski definition) is 3. The maximum atomic E-state index is 9.66. The highest BCUT2D eigenvalue weighted by atomic mass is 16.3. The fourth-order valence-corrected chi connectivity index (χ4v) is 1.91. The highest BCUT2D eigenvalue weighted by Gasteiger charge is 2.21. The van der Waals surface area contributed by atoms with E-state index >= 15 is 0 Å². The van der Waals surface area contributed by atoms with Crippen LogP contribution in [0.15, 0.2) is 18.2 Å². The Balaban J connectivity index is 2.09. The van der Waals surface area contributed by atoms with Crippen molar-refractivity contribution in [2.45, 2.75) is 38.3 Å². The van der Waals surface area contributed by atoms with Gasteiger partial charge >= 0.3 is 0 Å². The Morgan fingerprint density at radius 2 is 2.07 bits per heavy atom. The summed E-state index contributed by atoms with van der Waals surface area (Å²) in [6, 6.07) is 5.30. The van der Waals surface area contributed by atoms with E-state index < -0.39 is 0 Å². The summed E-state index contributed by atoms with van der Waals surface area (Å²) in [7, 11) is 0. The van der Waals surface area contributed by atoms with Crippen LogP contribution in [-0.2, 0) is 0 Å². The van der Waals surface area contributed by atoms with Gasteiger partial charge in [0.2, 0.25) is 0 Å². The van der Waals surface area contributed by atoms with Crippen molar-refractivity contribution in [3.8, 4) is 11.5 Å². The number of phenolic OH excluding ortho intramolecular Hbond substituents is 2. The van der Waals surface area contributed by atoms with Gasteiger partial charge in [-0.15, -0.1) is 0 Å². The molecule has 1 fully saturated rings. The summed E-state index contributed by atoms with van der Waals surface area (Å²) >= 11 is 0. The van der Waals surface area contributed by atoms with Gasteiger partial charge < -0.3 is 15.5 Å². The number of hydrogen-bond donors (Lipinski definition) is 3. The molecule has 1 unspecified atom stereocenters. The minimum absolute atomic E-state index is 0.0856. The van der Waals surface area contributed by atoms with Gasteiger partial charge in [0.25, 0.3) is 0 Å². The first-order valence-corrected chi connectivity index (χ1v) is 5.45. The van der Waals surface area contributed by atoms with E-state index in [0.717, 1.165) is 5.56 Å². The average Bonchev–Trinajstić information content (AvgIpc) is 2.15. The Kier molecular flexibility index (Phi) is 2.82. The number of aromatic hydroxyl groups is 2. The van der Waals surface area contributed by atoms with Crippen LogP contribution >= 0.6 is 0 Å². The van der Waals surface area contributed by atoms with Gasteiger partial charge in [-0.05, 0) is 38.0 Å². The normalized spacial score (nSPS) is 18.5. The molecule has 2 rings (SSSR count). The molecule has 1 aromatic carbocycles. The molecule has 0 amide bonds. The van der Waals surface area contributed by atoms with Gasteiger partial charge in [0, 0.05) is 17.6 Å². The van der Waals surface area contributed by atoms with Crippen molar-refractivity contribution in [3.05, 3.63) is 23.8 Å². The standard InChI is InChI=1S/C12H17NO2/c1-8(13-9-3-2-4-9)11-7-10(14)5-6-12(11)15/h5-9,13-15H,2-4H2,1H3. The zero-order valence-corrected chi connectivity index (χ0v) is 8.90. The van der Waals surface area contributed by atoms with Crippen LogP contribution < -0.4 is 5.32 Å². The maximum absolute atomic E-state index is 9.66. The molecule has 15 heavy (non-hydrogen) atoms. The summed E-state index contributed by atoms with van der Waals surface area (Å²) in [6.45, 7) is 2.01. The van der Waals surface area contributed by atoms with Gasteiger partial charge in [-0.2, -0.15) is 0 Å². The first-order valence-electron chi connectivity index (χ1n) is 5.45. The van der Waals surface area contributed by atoms with Crippen LogP contribution in [0.25, 0.3) is 0 Å². The van der Waals surface area contributed by atoms with Crippen LogP contribution in [0.2, 0.25) is 0 Å². The van der Waals surface area contributed by atoms with Gasteiger partial charge in [0.05, 0.1) is 0 Å². The van der Waals surface area contributed by atoms with E-state index in [4.69, 9.17) is 0 Å². The lowest BCUT2D eigenvalue weighted by Crippen LogP contribution is -2.36. The molecule has 0 bridgehead atoms. The molecule has 0 spiro atoms. The monoisotopic (exact) mass is 207 g/mol. The van der Waals surface area contributed by atoms with E-state index in [1.165, 1.54) is 31.4 Å². The lowest BCUT2D eigenvalue weighted by Gasteiger charge is -2.30. The highest BCUT2D eigenvalue weighted by Crippen LogP contribution is 2.30. The number of benzene rings is 1. The van der Waals surface area contributed by atoms with E-state index in [9.17, 15) is 10.2 Å². The van der Waals surface area contributed by atoms with Crippen LogP contribution in [0.5, 0.6) is 11.5 Å². The number of phenols is 2. The second-order valence-electron chi connectivity index (χ2n) is 4.26. The molecular weight excluding hydrogens is 190 g/mol. The Labute approximate surface area is 89.8 Å². The molecule has 1 saturated carbocycles. The van der Waals surface area contributed by atoms with Crippen molar-refractivity contribution >= 4 is 0 Å². The molecule has 3 heteroatoms. The van der Waals surface area contributed by atoms with Crippen LogP contribution in [0.4, 0.5) is 0 Å². The van der Waals surface area contributed by atoms with E-state index in [0.29, 0.717) is 6.04 Å². The molecule has 82 valence electrons. The Hall–Kier alpha value is -1.22. The fraction of sp³-hybridized carbons (Fsp3) is 0.500. The molecular formula is C12H17NO2. The Morgan fingerprint density at radius 1 is 1.33 bits per heavy atom. The number of rotatable bonds is 3. The van der Waals surface area contributed by atoms with E-state index in [2.05, 4.69) is 5.32 Å². The van der Waals surface area contributed by atoms with Gasteiger partial charge in [0.15, 0.2) is 0 Å². The zero-order valence-electron chi connectivity index (χ0n) is 8.90. The molecule has 0 radical (unpaired) electrons. The van der Waals surface area contributed by atoms with Gasteiger partial charge in [-0.3, -0.25) is 0 Å². The van der Waals surface area contributed by atoms with Crippen molar-refractivity contribution in [2.75, 3.05) is 0 Å². The third kappa shape index (κ3) is 2.23. The molecule has 0 aliphatic heterocycles. The minimum atomic E-state index is 0.0856. The number of nitrogens with one attached hydrogen (secondary N) is 1. The average molecular weight is 207 g/mol. The van der Waals surface area contributed by atoms with E-state index in [1.54, 1.807) is 6.07 Å². The predicted molar refractivity (Wildman–Crippen MR) is 59.0 cm³/mol. The van der Waals surface area contributed by atoms with Crippen molar-refractivity contribution in [1.82, 2.24) is 5.32 Å². The quantitative estimate of drug-likeness (QED) is 0.667. The Bertz CT molecular complexity index is 347. The third-order valence-corrected chi connectivity index (χ3v) is 3.07. The SMILES string of the molecule is CC(NC1CCC1)c1cc(O)ccc1O. The summed E-state index contributed by atoms with van der Waals surface area (Å²) in [6.07, 6.45) is 3.71. The molecule has 1 atom stereocenters. The van der Waals surface area contributed by atoms with Crippen LogP contribution in [0, 0.1) is 0 Å². The summed E-state index contributed by atoms with van der Waals surface area (Å²) in [4.78, 5) is 0. The second kappa shape index (κ2) is 4.11.